The van der Waals surface area contributed by atoms with Crippen molar-refractivity contribution in [3.05, 3.63) is 66.7 Å². The fourth-order valence-corrected chi connectivity index (χ4v) is 5.59. The quantitative estimate of drug-likeness (QED) is 0.430. The number of carbonyl (C=O) groups excluding carboxylic acids is 1. The van der Waals surface area contributed by atoms with Gasteiger partial charge in [-0.3, -0.25) is 4.79 Å². The number of aryl methyl sites for hydroxylation is 1. The molecule has 3 heterocycles. The number of piperidine rings is 1. The van der Waals surface area contributed by atoms with Crippen molar-refractivity contribution in [3.8, 4) is 22.7 Å². The number of hydrogen-bond acceptors (Lipinski definition) is 8. The minimum absolute atomic E-state index is 0.133. The first-order valence-electron chi connectivity index (χ1n) is 11.1. The van der Waals surface area contributed by atoms with Crippen molar-refractivity contribution in [2.75, 3.05) is 18.4 Å². The van der Waals surface area contributed by atoms with Gasteiger partial charge < -0.3 is 14.4 Å². The van der Waals surface area contributed by atoms with Crippen molar-refractivity contribution >= 4 is 21.6 Å². The zero-order valence-corrected chi connectivity index (χ0v) is 19.7. The molecule has 5 rings (SSSR count). The van der Waals surface area contributed by atoms with Gasteiger partial charge in [-0.15, -0.1) is 0 Å². The minimum Gasteiger partial charge on any atom is -0.356 e. The Morgan fingerprint density at radius 2 is 1.80 bits per heavy atom. The highest BCUT2D eigenvalue weighted by Crippen LogP contribution is 2.28. The predicted molar refractivity (Wildman–Crippen MR) is 127 cm³/mol. The molecule has 2 aromatic heterocycles. The predicted octanol–water partition coefficient (Wildman–Crippen LogP) is 3.74. The number of carbonyl (C=O) groups is 1. The largest absolute Gasteiger partial charge is 0.356 e. The SMILES string of the molecule is Cc1nc(-c2cccc(S(=O)(=O)N3CCC(C(=O)Nc4cccc(-c5ccno5)c4)CC3)c2)no1. The third-order valence-corrected chi connectivity index (χ3v) is 7.83. The van der Waals surface area contributed by atoms with Gasteiger partial charge in [0.25, 0.3) is 0 Å². The molecule has 4 aromatic rings. The molecule has 2 aromatic carbocycles. The summed E-state index contributed by atoms with van der Waals surface area (Å²) in [5.74, 6) is 0.925. The molecule has 1 saturated heterocycles. The number of aromatic nitrogens is 3. The molecule has 1 amide bonds. The summed E-state index contributed by atoms with van der Waals surface area (Å²) in [5, 5.41) is 10.5. The monoisotopic (exact) mass is 493 g/mol. The van der Waals surface area contributed by atoms with E-state index in [9.17, 15) is 13.2 Å². The van der Waals surface area contributed by atoms with Gasteiger partial charge in [-0.25, -0.2) is 8.42 Å². The lowest BCUT2D eigenvalue weighted by atomic mass is 9.97. The highest BCUT2D eigenvalue weighted by molar-refractivity contribution is 7.89. The normalized spacial score (nSPS) is 15.2. The molecule has 0 bridgehead atoms. The summed E-state index contributed by atoms with van der Waals surface area (Å²) in [6.45, 7) is 2.18. The van der Waals surface area contributed by atoms with Gasteiger partial charge in [-0.2, -0.15) is 9.29 Å². The van der Waals surface area contributed by atoms with Gasteiger partial charge in [0.05, 0.1) is 11.1 Å². The molecule has 0 aliphatic carbocycles. The maximum atomic E-state index is 13.2. The summed E-state index contributed by atoms with van der Waals surface area (Å²) in [7, 11) is -3.73. The number of nitrogens with zero attached hydrogens (tertiary/aromatic N) is 4. The van der Waals surface area contributed by atoms with Crippen LogP contribution in [-0.2, 0) is 14.8 Å². The molecule has 0 saturated carbocycles. The zero-order chi connectivity index (χ0) is 24.4. The van der Waals surface area contributed by atoms with Crippen LogP contribution in [0.5, 0.6) is 0 Å². The van der Waals surface area contributed by atoms with Gasteiger partial charge in [0.15, 0.2) is 5.76 Å². The number of rotatable bonds is 6. The van der Waals surface area contributed by atoms with E-state index < -0.39 is 10.0 Å². The summed E-state index contributed by atoms with van der Waals surface area (Å²) < 4.78 is 38.1. The van der Waals surface area contributed by atoms with E-state index in [2.05, 4.69) is 20.6 Å². The van der Waals surface area contributed by atoms with Crippen LogP contribution in [0.3, 0.4) is 0 Å². The molecule has 0 radical (unpaired) electrons. The second kappa shape index (κ2) is 9.43. The van der Waals surface area contributed by atoms with Gasteiger partial charge in [0, 0.05) is 48.8 Å². The van der Waals surface area contributed by atoms with Crippen molar-refractivity contribution in [3.63, 3.8) is 0 Å². The average molecular weight is 494 g/mol. The van der Waals surface area contributed by atoms with E-state index in [1.54, 1.807) is 49.5 Å². The van der Waals surface area contributed by atoms with Crippen molar-refractivity contribution in [1.82, 2.24) is 19.6 Å². The first kappa shape index (κ1) is 22.9. The topological polar surface area (TPSA) is 131 Å². The van der Waals surface area contributed by atoms with Crippen molar-refractivity contribution < 1.29 is 22.3 Å². The van der Waals surface area contributed by atoms with Crippen LogP contribution in [0.25, 0.3) is 22.7 Å². The Bertz CT molecular complexity index is 1440. The lowest BCUT2D eigenvalue weighted by Crippen LogP contribution is -2.41. The molecular weight excluding hydrogens is 470 g/mol. The molecular formula is C24H23N5O5S. The van der Waals surface area contributed by atoms with Crippen LogP contribution in [0.15, 0.2) is 74.7 Å². The molecule has 1 aliphatic heterocycles. The van der Waals surface area contributed by atoms with Crippen LogP contribution >= 0.6 is 0 Å². The summed E-state index contributed by atoms with van der Waals surface area (Å²) in [5.41, 5.74) is 2.01. The third-order valence-electron chi connectivity index (χ3n) is 5.93. The molecule has 180 valence electrons. The van der Waals surface area contributed by atoms with Crippen LogP contribution in [0.4, 0.5) is 5.69 Å². The Hall–Kier alpha value is -3.83. The summed E-state index contributed by atoms with van der Waals surface area (Å²) in [6.07, 6.45) is 2.41. The van der Waals surface area contributed by atoms with Gasteiger partial charge in [-0.1, -0.05) is 34.6 Å². The van der Waals surface area contributed by atoms with Crippen LogP contribution in [0, 0.1) is 12.8 Å². The van der Waals surface area contributed by atoms with Gasteiger partial charge in [0.2, 0.25) is 27.6 Å². The summed E-state index contributed by atoms with van der Waals surface area (Å²) in [4.78, 5) is 17.2. The molecule has 11 heteroatoms. The van der Waals surface area contributed by atoms with E-state index in [0.29, 0.717) is 41.6 Å². The number of anilines is 1. The molecule has 0 unspecified atom stereocenters. The van der Waals surface area contributed by atoms with Gasteiger partial charge in [-0.05, 0) is 37.1 Å². The van der Waals surface area contributed by atoms with E-state index in [1.807, 2.05) is 18.2 Å². The Morgan fingerprint density at radius 3 is 2.51 bits per heavy atom. The van der Waals surface area contributed by atoms with Crippen LogP contribution in [-0.4, -0.2) is 47.0 Å². The Kier molecular flexibility index (Phi) is 6.18. The number of sulfonamides is 1. The molecule has 1 aliphatic rings. The minimum atomic E-state index is -3.73. The first-order chi connectivity index (χ1) is 16.9. The molecule has 0 spiro atoms. The Balaban J connectivity index is 1.23. The standard InChI is InChI=1S/C24H23N5O5S/c1-16-26-23(28-33-16)19-5-3-7-21(15-19)35(31,32)29-12-9-17(10-13-29)24(30)27-20-6-2-4-18(14-20)22-8-11-25-34-22/h2-8,11,14-15,17H,9-10,12-13H2,1H3,(H,27,30). The molecule has 0 atom stereocenters. The highest BCUT2D eigenvalue weighted by Gasteiger charge is 2.32. The smallest absolute Gasteiger partial charge is 0.243 e. The maximum absolute atomic E-state index is 13.2. The number of hydrogen-bond donors (Lipinski definition) is 1. The number of amides is 1. The second-order valence-electron chi connectivity index (χ2n) is 8.29. The number of benzene rings is 2. The average Bonchev–Trinajstić information content (AvgIpc) is 3.57. The molecule has 1 fully saturated rings. The van der Waals surface area contributed by atoms with Crippen LogP contribution in [0.2, 0.25) is 0 Å². The van der Waals surface area contributed by atoms with E-state index in [4.69, 9.17) is 9.05 Å². The van der Waals surface area contributed by atoms with Crippen molar-refractivity contribution in [2.45, 2.75) is 24.7 Å². The van der Waals surface area contributed by atoms with E-state index in [-0.39, 0.29) is 29.8 Å². The molecule has 10 nitrogen and oxygen atoms in total. The first-order valence-corrected chi connectivity index (χ1v) is 12.6. The van der Waals surface area contributed by atoms with Gasteiger partial charge >= 0.3 is 0 Å². The van der Waals surface area contributed by atoms with Crippen LogP contribution in [0.1, 0.15) is 18.7 Å². The van der Waals surface area contributed by atoms with Gasteiger partial charge in [0.1, 0.15) is 0 Å². The van der Waals surface area contributed by atoms with E-state index >= 15 is 0 Å². The fraction of sp³-hybridized carbons (Fsp3) is 0.250. The van der Waals surface area contributed by atoms with Crippen molar-refractivity contribution in [2.24, 2.45) is 5.92 Å². The zero-order valence-electron chi connectivity index (χ0n) is 18.9. The number of nitrogens with one attached hydrogen (secondary N) is 1. The highest BCUT2D eigenvalue weighted by atomic mass is 32.2. The fourth-order valence-electron chi connectivity index (χ4n) is 4.08. The Labute approximate surface area is 202 Å². The lowest BCUT2D eigenvalue weighted by Gasteiger charge is -2.30. The van der Waals surface area contributed by atoms with E-state index in [1.165, 1.54) is 4.31 Å². The summed E-state index contributed by atoms with van der Waals surface area (Å²) in [6, 6.07) is 15.5. The molecule has 35 heavy (non-hydrogen) atoms. The van der Waals surface area contributed by atoms with Crippen LogP contribution < -0.4 is 5.32 Å². The molecule has 1 N–H and O–H groups in total. The summed E-state index contributed by atoms with van der Waals surface area (Å²) >= 11 is 0. The Morgan fingerprint density at radius 1 is 1.03 bits per heavy atom. The maximum Gasteiger partial charge on any atom is 0.243 e. The third kappa shape index (κ3) is 4.86. The lowest BCUT2D eigenvalue weighted by molar-refractivity contribution is -0.120. The second-order valence-corrected chi connectivity index (χ2v) is 10.2. The van der Waals surface area contributed by atoms with Crippen molar-refractivity contribution in [1.29, 1.82) is 0 Å². The van der Waals surface area contributed by atoms with E-state index in [0.717, 1.165) is 5.56 Å².